The van der Waals surface area contributed by atoms with E-state index in [0.29, 0.717) is 12.5 Å². The van der Waals surface area contributed by atoms with Crippen LogP contribution in [0.5, 0.6) is 0 Å². The van der Waals surface area contributed by atoms with Crippen molar-refractivity contribution < 1.29 is 24.3 Å². The van der Waals surface area contributed by atoms with Crippen molar-refractivity contribution in [1.29, 1.82) is 0 Å². The Balaban J connectivity index is 2.00. The Bertz CT molecular complexity index is 361. The molecule has 0 aromatic rings. The fraction of sp³-hybridized carbons (Fsp3) is 0.857. The maximum atomic E-state index is 11.9. The number of carbonyl (C=O) groups excluding carboxylic acids is 1. The van der Waals surface area contributed by atoms with Crippen LogP contribution < -0.4 is 10.2 Å². The first-order valence-electron chi connectivity index (χ1n) is 7.48. The molecule has 1 saturated heterocycles. The molecular formula is C14H25N2O4+. The van der Waals surface area contributed by atoms with Gasteiger partial charge in [0.1, 0.15) is 6.42 Å². The number of quaternary nitrogens is 1. The van der Waals surface area contributed by atoms with Crippen LogP contribution in [0.2, 0.25) is 0 Å². The van der Waals surface area contributed by atoms with Gasteiger partial charge in [-0.15, -0.1) is 0 Å². The fourth-order valence-corrected chi connectivity index (χ4v) is 3.54. The van der Waals surface area contributed by atoms with Crippen molar-refractivity contribution in [3.8, 4) is 0 Å². The summed E-state index contributed by atoms with van der Waals surface area (Å²) in [7, 11) is 1.75. The normalized spacial score (nSPS) is 34.5. The van der Waals surface area contributed by atoms with E-state index in [1.165, 1.54) is 12.8 Å². The Labute approximate surface area is 119 Å². The van der Waals surface area contributed by atoms with Crippen LogP contribution in [-0.2, 0) is 14.3 Å². The van der Waals surface area contributed by atoms with Crippen molar-refractivity contribution >= 4 is 11.9 Å². The molecule has 2 aliphatic rings. The molecule has 0 spiro atoms. The summed E-state index contributed by atoms with van der Waals surface area (Å²) in [6.07, 6.45) is 4.75. The van der Waals surface area contributed by atoms with E-state index in [-0.39, 0.29) is 18.4 Å². The zero-order valence-corrected chi connectivity index (χ0v) is 12.1. The molecule has 1 heterocycles. The SMILES string of the molecule is COC1CCCCC1C[NH+]1CCNC(=O)[C@H]1CC(=O)O. The first-order chi connectivity index (χ1) is 9.61. The number of carboxylic acids is 1. The first-order valence-corrected chi connectivity index (χ1v) is 7.48. The number of carbonyl (C=O) groups is 2. The van der Waals surface area contributed by atoms with E-state index in [0.717, 1.165) is 30.8 Å². The van der Waals surface area contributed by atoms with Gasteiger partial charge in [-0.1, -0.05) is 12.8 Å². The highest BCUT2D eigenvalue weighted by Crippen LogP contribution is 2.25. The molecule has 114 valence electrons. The average Bonchev–Trinajstić information content (AvgIpc) is 2.43. The van der Waals surface area contributed by atoms with Crippen LogP contribution in [0.25, 0.3) is 0 Å². The van der Waals surface area contributed by atoms with E-state index in [2.05, 4.69) is 5.32 Å². The van der Waals surface area contributed by atoms with Gasteiger partial charge in [0, 0.05) is 13.0 Å². The van der Waals surface area contributed by atoms with E-state index >= 15 is 0 Å². The number of rotatable bonds is 5. The lowest BCUT2D eigenvalue weighted by atomic mass is 9.85. The predicted molar refractivity (Wildman–Crippen MR) is 72.5 cm³/mol. The van der Waals surface area contributed by atoms with Crippen molar-refractivity contribution in [2.45, 2.75) is 44.2 Å². The molecule has 4 atom stereocenters. The van der Waals surface area contributed by atoms with E-state index in [1.807, 2.05) is 0 Å². The van der Waals surface area contributed by atoms with Crippen molar-refractivity contribution in [3.63, 3.8) is 0 Å². The zero-order chi connectivity index (χ0) is 14.5. The molecule has 0 aromatic heterocycles. The maximum absolute atomic E-state index is 11.9. The topological polar surface area (TPSA) is 80.1 Å². The van der Waals surface area contributed by atoms with Crippen LogP contribution in [0.4, 0.5) is 0 Å². The van der Waals surface area contributed by atoms with E-state index < -0.39 is 12.0 Å². The lowest BCUT2D eigenvalue weighted by molar-refractivity contribution is -0.921. The predicted octanol–water partition coefficient (Wildman–Crippen LogP) is -0.950. The van der Waals surface area contributed by atoms with Gasteiger partial charge in [0.15, 0.2) is 6.04 Å². The second-order valence-corrected chi connectivity index (χ2v) is 5.87. The van der Waals surface area contributed by atoms with Crippen LogP contribution in [0.3, 0.4) is 0 Å². The van der Waals surface area contributed by atoms with Crippen LogP contribution in [0.15, 0.2) is 0 Å². The number of hydrogen-bond acceptors (Lipinski definition) is 3. The van der Waals surface area contributed by atoms with Gasteiger partial charge in [0.2, 0.25) is 0 Å². The van der Waals surface area contributed by atoms with Crippen molar-refractivity contribution in [2.75, 3.05) is 26.7 Å². The number of aliphatic carboxylic acids is 1. The second kappa shape index (κ2) is 7.04. The molecule has 0 radical (unpaired) electrons. The largest absolute Gasteiger partial charge is 0.481 e. The Morgan fingerprint density at radius 1 is 1.45 bits per heavy atom. The Kier molecular flexibility index (Phi) is 5.37. The van der Waals surface area contributed by atoms with Crippen LogP contribution >= 0.6 is 0 Å². The molecular weight excluding hydrogens is 260 g/mol. The summed E-state index contributed by atoms with van der Waals surface area (Å²) in [5.41, 5.74) is 0. The monoisotopic (exact) mass is 285 g/mol. The summed E-state index contributed by atoms with van der Waals surface area (Å²) in [6.45, 7) is 2.27. The highest BCUT2D eigenvalue weighted by atomic mass is 16.5. The minimum absolute atomic E-state index is 0.0917. The number of piperazine rings is 1. The van der Waals surface area contributed by atoms with Gasteiger partial charge >= 0.3 is 5.97 Å². The fourth-order valence-electron chi connectivity index (χ4n) is 3.54. The van der Waals surface area contributed by atoms with Crippen molar-refractivity contribution in [1.82, 2.24) is 5.32 Å². The smallest absolute Gasteiger partial charge is 0.309 e. The standard InChI is InChI=1S/C14H24N2O4/c1-20-12-5-3-2-4-10(12)9-16-7-6-15-14(19)11(16)8-13(17)18/h10-12H,2-9H2,1H3,(H,15,19)(H,17,18)/p+1/t10?,11-,12?/m1/s1. The molecule has 1 saturated carbocycles. The number of nitrogens with one attached hydrogen (secondary N) is 2. The van der Waals surface area contributed by atoms with Gasteiger partial charge in [-0.05, 0) is 12.8 Å². The quantitative estimate of drug-likeness (QED) is 0.608. The minimum Gasteiger partial charge on any atom is -0.481 e. The molecule has 1 amide bonds. The van der Waals surface area contributed by atoms with Gasteiger partial charge < -0.3 is 20.1 Å². The summed E-state index contributed by atoms with van der Waals surface area (Å²) in [4.78, 5) is 24.0. The molecule has 1 aliphatic carbocycles. The third kappa shape index (κ3) is 3.70. The molecule has 6 nitrogen and oxygen atoms in total. The molecule has 0 aromatic carbocycles. The van der Waals surface area contributed by atoms with E-state index in [1.54, 1.807) is 7.11 Å². The van der Waals surface area contributed by atoms with Crippen molar-refractivity contribution in [3.05, 3.63) is 0 Å². The van der Waals surface area contributed by atoms with Crippen LogP contribution in [0, 0.1) is 5.92 Å². The number of ether oxygens (including phenoxy) is 1. The lowest BCUT2D eigenvalue weighted by Gasteiger charge is -2.37. The highest BCUT2D eigenvalue weighted by Gasteiger charge is 2.38. The van der Waals surface area contributed by atoms with E-state index in [9.17, 15) is 9.59 Å². The maximum Gasteiger partial charge on any atom is 0.309 e. The van der Waals surface area contributed by atoms with Gasteiger partial charge in [0.05, 0.1) is 25.7 Å². The lowest BCUT2D eigenvalue weighted by Crippen LogP contribution is -3.20. The third-order valence-electron chi connectivity index (χ3n) is 4.60. The molecule has 0 bridgehead atoms. The summed E-state index contributed by atoms with van der Waals surface area (Å²) in [5, 5.41) is 11.8. The molecule has 3 unspecified atom stereocenters. The number of hydrogen-bond donors (Lipinski definition) is 3. The van der Waals surface area contributed by atoms with Crippen LogP contribution in [0.1, 0.15) is 32.1 Å². The van der Waals surface area contributed by atoms with Crippen molar-refractivity contribution in [2.24, 2.45) is 5.92 Å². The van der Waals surface area contributed by atoms with Crippen LogP contribution in [-0.4, -0.2) is 55.9 Å². The Hall–Kier alpha value is -1.14. The summed E-state index contributed by atoms with van der Waals surface area (Å²) >= 11 is 0. The summed E-state index contributed by atoms with van der Waals surface area (Å²) < 4.78 is 5.56. The van der Waals surface area contributed by atoms with Gasteiger partial charge in [-0.2, -0.15) is 0 Å². The molecule has 2 fully saturated rings. The molecule has 20 heavy (non-hydrogen) atoms. The number of amides is 1. The highest BCUT2D eigenvalue weighted by molar-refractivity contribution is 5.85. The molecule has 6 heteroatoms. The average molecular weight is 285 g/mol. The molecule has 3 N–H and O–H groups in total. The number of carboxylic acid groups (broad SMARTS) is 1. The molecule has 2 rings (SSSR count). The Morgan fingerprint density at radius 2 is 2.20 bits per heavy atom. The Morgan fingerprint density at radius 3 is 2.90 bits per heavy atom. The second-order valence-electron chi connectivity index (χ2n) is 5.87. The third-order valence-corrected chi connectivity index (χ3v) is 4.60. The van der Waals surface area contributed by atoms with Gasteiger partial charge in [0.25, 0.3) is 5.91 Å². The number of methoxy groups -OCH3 is 1. The zero-order valence-electron chi connectivity index (χ0n) is 12.1. The van der Waals surface area contributed by atoms with E-state index in [4.69, 9.17) is 9.84 Å². The van der Waals surface area contributed by atoms with Gasteiger partial charge in [-0.25, -0.2) is 0 Å². The molecule has 1 aliphatic heterocycles. The summed E-state index contributed by atoms with van der Waals surface area (Å²) in [5.74, 6) is -0.596. The minimum atomic E-state index is -0.906. The van der Waals surface area contributed by atoms with Gasteiger partial charge in [-0.3, -0.25) is 9.59 Å². The first kappa shape index (κ1) is 15.3. The summed E-state index contributed by atoms with van der Waals surface area (Å²) in [6, 6.07) is -0.458.